The highest BCUT2D eigenvalue weighted by Gasteiger charge is 2.17. The number of rotatable bonds is 3. The molecule has 0 fully saturated rings. The van der Waals surface area contributed by atoms with Gasteiger partial charge in [0.05, 0.1) is 16.4 Å². The van der Waals surface area contributed by atoms with E-state index in [1.54, 1.807) is 31.4 Å². The Kier molecular flexibility index (Phi) is 4.48. The summed E-state index contributed by atoms with van der Waals surface area (Å²) in [6, 6.07) is 9.18. The Balaban J connectivity index is 2.90. The lowest BCUT2D eigenvalue weighted by Crippen LogP contribution is -2.18. The normalized spacial score (nSPS) is 15.1. The molecule has 0 heterocycles. The van der Waals surface area contributed by atoms with Crippen LogP contribution in [0.4, 0.5) is 0 Å². The van der Waals surface area contributed by atoms with Crippen molar-refractivity contribution in [1.29, 1.82) is 0 Å². The maximum absolute atomic E-state index is 11.8. The van der Waals surface area contributed by atoms with Crippen LogP contribution in [-0.4, -0.2) is 14.9 Å². The van der Waals surface area contributed by atoms with Gasteiger partial charge in [0.15, 0.2) is 0 Å². The van der Waals surface area contributed by atoms with Crippen molar-refractivity contribution in [3.63, 3.8) is 0 Å². The van der Waals surface area contributed by atoms with E-state index in [2.05, 4.69) is 0 Å². The number of aliphatic hydroxyl groups is 1. The molecule has 82 valence electrons. The minimum atomic E-state index is -1.19. The van der Waals surface area contributed by atoms with E-state index < -0.39 is 16.4 Å². The summed E-state index contributed by atoms with van der Waals surface area (Å²) in [4.78, 5) is 0.746. The van der Waals surface area contributed by atoms with Gasteiger partial charge in [-0.3, -0.25) is 0 Å². The van der Waals surface area contributed by atoms with E-state index in [4.69, 9.17) is 0 Å². The highest BCUT2D eigenvalue weighted by molar-refractivity contribution is 14.1. The van der Waals surface area contributed by atoms with Crippen LogP contribution in [0.5, 0.6) is 0 Å². The lowest BCUT2D eigenvalue weighted by molar-refractivity contribution is 0.131. The number of benzene rings is 1. The molecule has 0 spiro atoms. The van der Waals surface area contributed by atoms with Gasteiger partial charge in [0.2, 0.25) is 0 Å². The Hall–Kier alpha value is -0.200. The van der Waals surface area contributed by atoms with Crippen molar-refractivity contribution in [3.05, 3.63) is 39.3 Å². The second-order valence-electron chi connectivity index (χ2n) is 3.64. The maximum Gasteiger partial charge on any atom is 0.0902 e. The van der Waals surface area contributed by atoms with Crippen LogP contribution < -0.4 is 0 Å². The van der Waals surface area contributed by atoms with E-state index in [1.807, 2.05) is 40.8 Å². The molecule has 0 amide bonds. The molecule has 0 bridgehead atoms. The summed E-state index contributed by atoms with van der Waals surface area (Å²) in [7, 11) is -1.19. The van der Waals surface area contributed by atoms with Crippen molar-refractivity contribution in [2.24, 2.45) is 0 Å². The topological polar surface area (TPSA) is 37.3 Å². The molecule has 2 nitrogen and oxygen atoms in total. The van der Waals surface area contributed by atoms with Gasteiger partial charge in [-0.05, 0) is 48.6 Å². The Morgan fingerprint density at radius 2 is 1.93 bits per heavy atom. The average molecular weight is 336 g/mol. The lowest BCUT2D eigenvalue weighted by atomic mass is 10.1. The molecule has 0 radical (unpaired) electrons. The summed E-state index contributed by atoms with van der Waals surface area (Å²) in [6.07, 6.45) is 0. The van der Waals surface area contributed by atoms with Gasteiger partial charge in [0.25, 0.3) is 0 Å². The number of hydrogen-bond donors (Lipinski definition) is 1. The van der Waals surface area contributed by atoms with Gasteiger partial charge in [0.1, 0.15) is 0 Å². The summed E-state index contributed by atoms with van der Waals surface area (Å²) in [5.41, 5.74) is -0.926. The average Bonchev–Trinajstić information content (AvgIpc) is 2.17. The van der Waals surface area contributed by atoms with Crippen LogP contribution in [0, 0.1) is 0 Å². The molecule has 0 aliphatic heterocycles. The summed E-state index contributed by atoms with van der Waals surface area (Å²) in [5, 5.41) is 11.3. The molecular weight excluding hydrogens is 323 g/mol. The standard InChI is InChI=1S/C11H13IO2S/c1-11(2,13)10(12)8-15(14)9-6-4-3-5-7-9/h3-8,13H,1-2H3/b10-8+. The summed E-state index contributed by atoms with van der Waals surface area (Å²) < 4.78 is 12.5. The number of hydrogen-bond acceptors (Lipinski definition) is 2. The van der Waals surface area contributed by atoms with E-state index in [9.17, 15) is 9.32 Å². The van der Waals surface area contributed by atoms with Crippen molar-refractivity contribution < 1.29 is 9.32 Å². The van der Waals surface area contributed by atoms with E-state index >= 15 is 0 Å². The first-order chi connectivity index (χ1) is 6.91. The van der Waals surface area contributed by atoms with E-state index in [-0.39, 0.29) is 0 Å². The third-order valence-corrected chi connectivity index (χ3v) is 5.01. The first-order valence-electron chi connectivity index (χ1n) is 4.47. The molecule has 1 atom stereocenters. The number of halogens is 1. The highest BCUT2D eigenvalue weighted by Crippen LogP contribution is 2.24. The van der Waals surface area contributed by atoms with Crippen LogP contribution in [0.2, 0.25) is 0 Å². The summed E-state index contributed by atoms with van der Waals surface area (Å²) >= 11 is 2.01. The highest BCUT2D eigenvalue weighted by atomic mass is 127. The molecule has 0 aromatic heterocycles. The maximum atomic E-state index is 11.8. The van der Waals surface area contributed by atoms with Crippen molar-refractivity contribution in [3.8, 4) is 0 Å². The molecule has 1 unspecified atom stereocenters. The Morgan fingerprint density at radius 1 is 1.40 bits per heavy atom. The third-order valence-electron chi connectivity index (χ3n) is 1.77. The minimum Gasteiger partial charge on any atom is -0.385 e. The molecule has 0 aliphatic rings. The van der Waals surface area contributed by atoms with Crippen molar-refractivity contribution >= 4 is 33.4 Å². The zero-order valence-corrected chi connectivity index (χ0v) is 11.6. The molecular formula is C11H13IO2S. The summed E-state index contributed by atoms with van der Waals surface area (Å²) in [6.45, 7) is 3.35. The first-order valence-corrected chi connectivity index (χ1v) is 6.76. The molecule has 4 heteroatoms. The van der Waals surface area contributed by atoms with Crippen molar-refractivity contribution in [2.45, 2.75) is 24.3 Å². The quantitative estimate of drug-likeness (QED) is 0.862. The lowest BCUT2D eigenvalue weighted by Gasteiger charge is -2.15. The zero-order chi connectivity index (χ0) is 11.5. The first kappa shape index (κ1) is 12.9. The predicted molar refractivity (Wildman–Crippen MR) is 71.3 cm³/mol. The van der Waals surface area contributed by atoms with Crippen LogP contribution in [0.1, 0.15) is 13.8 Å². The van der Waals surface area contributed by atoms with Crippen LogP contribution in [-0.2, 0) is 10.8 Å². The van der Waals surface area contributed by atoms with Gasteiger partial charge < -0.3 is 5.11 Å². The molecule has 15 heavy (non-hydrogen) atoms. The van der Waals surface area contributed by atoms with E-state index in [0.29, 0.717) is 3.58 Å². The third kappa shape index (κ3) is 4.04. The van der Waals surface area contributed by atoms with Crippen LogP contribution in [0.25, 0.3) is 0 Å². The smallest absolute Gasteiger partial charge is 0.0902 e. The summed E-state index contributed by atoms with van der Waals surface area (Å²) in [5.74, 6) is 0. The van der Waals surface area contributed by atoms with Gasteiger partial charge in [-0.1, -0.05) is 18.2 Å². The Bertz CT molecular complexity index is 379. The monoisotopic (exact) mass is 336 g/mol. The van der Waals surface area contributed by atoms with Crippen LogP contribution >= 0.6 is 22.6 Å². The molecule has 1 aromatic carbocycles. The fourth-order valence-corrected chi connectivity index (χ4v) is 2.59. The van der Waals surface area contributed by atoms with Crippen LogP contribution in [0.3, 0.4) is 0 Å². The fraction of sp³-hybridized carbons (Fsp3) is 0.273. The Labute approximate surface area is 106 Å². The SMILES string of the molecule is CC(C)(O)/C(I)=C\S(=O)c1ccccc1. The largest absolute Gasteiger partial charge is 0.385 e. The fourth-order valence-electron chi connectivity index (χ4n) is 0.861. The van der Waals surface area contributed by atoms with E-state index in [0.717, 1.165) is 4.90 Å². The van der Waals surface area contributed by atoms with Crippen molar-refractivity contribution in [1.82, 2.24) is 0 Å². The van der Waals surface area contributed by atoms with E-state index in [1.165, 1.54) is 0 Å². The molecule has 1 rings (SSSR count). The Morgan fingerprint density at radius 3 is 2.40 bits per heavy atom. The van der Waals surface area contributed by atoms with Gasteiger partial charge in [0, 0.05) is 13.9 Å². The second-order valence-corrected chi connectivity index (χ2v) is 6.10. The molecule has 1 N–H and O–H groups in total. The molecule has 1 aromatic rings. The molecule has 0 saturated carbocycles. The van der Waals surface area contributed by atoms with Gasteiger partial charge in [-0.2, -0.15) is 0 Å². The minimum absolute atomic E-state index is 0.683. The molecule has 0 saturated heterocycles. The zero-order valence-electron chi connectivity index (χ0n) is 8.61. The van der Waals surface area contributed by atoms with Gasteiger partial charge in [-0.25, -0.2) is 4.21 Å². The van der Waals surface area contributed by atoms with Crippen LogP contribution in [0.15, 0.2) is 44.2 Å². The van der Waals surface area contributed by atoms with Crippen molar-refractivity contribution in [2.75, 3.05) is 0 Å². The predicted octanol–water partition coefficient (Wildman–Crippen LogP) is 2.84. The molecule has 0 aliphatic carbocycles. The van der Waals surface area contributed by atoms with Gasteiger partial charge in [-0.15, -0.1) is 0 Å². The van der Waals surface area contributed by atoms with Gasteiger partial charge >= 0.3 is 0 Å². The second kappa shape index (κ2) is 5.23.